The van der Waals surface area contributed by atoms with Gasteiger partial charge in [0.2, 0.25) is 0 Å². The number of hydrogen-bond donors (Lipinski definition) is 0. The topological polar surface area (TPSA) is 67.7 Å². The van der Waals surface area contributed by atoms with E-state index in [1.54, 1.807) is 17.0 Å². The van der Waals surface area contributed by atoms with Gasteiger partial charge in [0.05, 0.1) is 6.04 Å². The lowest BCUT2D eigenvalue weighted by Crippen LogP contribution is -2.50. The number of rotatable bonds is 2. The minimum atomic E-state index is -0.484. The number of aromatic nitrogens is 2. The van der Waals surface area contributed by atoms with Crippen molar-refractivity contribution in [3.05, 3.63) is 22.5 Å². The summed E-state index contributed by atoms with van der Waals surface area (Å²) in [6.45, 7) is 11.9. The molecular weight excluding hydrogens is 296 g/mol. The molecule has 1 fully saturated rings. The third-order valence-electron chi connectivity index (χ3n) is 3.56. The molecule has 0 aromatic carbocycles. The van der Waals surface area contributed by atoms with Crippen molar-refractivity contribution in [2.24, 2.45) is 0 Å². The summed E-state index contributed by atoms with van der Waals surface area (Å²) in [5.74, 6) is 0.766. The average Bonchev–Trinajstić information content (AvgIpc) is 2.46. The van der Waals surface area contributed by atoms with Crippen LogP contribution in [0.15, 0.2) is 16.9 Å². The molecule has 1 aromatic heterocycles. The minimum Gasteiger partial charge on any atom is -0.444 e. The molecule has 0 radical (unpaired) electrons. The first-order valence-electron chi connectivity index (χ1n) is 8.00. The van der Waals surface area contributed by atoms with Crippen LogP contribution in [0.4, 0.5) is 10.6 Å². The summed E-state index contributed by atoms with van der Waals surface area (Å²) in [5, 5.41) is 4.42. The number of piperazine rings is 1. The first kappa shape index (κ1) is 17.3. The third kappa shape index (κ3) is 4.46. The molecule has 0 aliphatic carbocycles. The molecule has 1 aromatic rings. The van der Waals surface area contributed by atoms with E-state index < -0.39 is 5.60 Å². The fraction of sp³-hybridized carbons (Fsp3) is 0.688. The monoisotopic (exact) mass is 322 g/mol. The van der Waals surface area contributed by atoms with Crippen LogP contribution in [0, 0.1) is 0 Å². The first-order valence-corrected chi connectivity index (χ1v) is 8.00. The van der Waals surface area contributed by atoms with Gasteiger partial charge in [-0.15, -0.1) is 0 Å². The van der Waals surface area contributed by atoms with Crippen LogP contribution in [0.2, 0.25) is 0 Å². The van der Waals surface area contributed by atoms with Gasteiger partial charge in [-0.1, -0.05) is 0 Å². The average molecular weight is 322 g/mol. The van der Waals surface area contributed by atoms with Gasteiger partial charge in [0.25, 0.3) is 5.56 Å². The Morgan fingerprint density at radius 1 is 1.17 bits per heavy atom. The zero-order valence-corrected chi connectivity index (χ0v) is 14.6. The second-order valence-electron chi connectivity index (χ2n) is 7.02. The molecule has 1 aliphatic heterocycles. The number of carbonyl (C=O) groups excluding carboxylic acids is 1. The second-order valence-corrected chi connectivity index (χ2v) is 7.02. The molecule has 0 saturated carbocycles. The molecule has 1 aliphatic rings. The van der Waals surface area contributed by atoms with Crippen molar-refractivity contribution >= 4 is 11.9 Å². The number of carbonyl (C=O) groups is 1. The van der Waals surface area contributed by atoms with Gasteiger partial charge in [-0.3, -0.25) is 4.79 Å². The molecule has 2 heterocycles. The zero-order chi connectivity index (χ0) is 17.2. The summed E-state index contributed by atoms with van der Waals surface area (Å²) in [4.78, 5) is 27.6. The Hall–Kier alpha value is -2.05. The van der Waals surface area contributed by atoms with Crippen LogP contribution in [-0.2, 0) is 4.74 Å². The van der Waals surface area contributed by atoms with E-state index in [9.17, 15) is 9.59 Å². The van der Waals surface area contributed by atoms with E-state index in [0.717, 1.165) is 5.82 Å². The van der Waals surface area contributed by atoms with Crippen LogP contribution < -0.4 is 10.5 Å². The van der Waals surface area contributed by atoms with Crippen molar-refractivity contribution in [3.63, 3.8) is 0 Å². The maximum Gasteiger partial charge on any atom is 0.410 e. The lowest BCUT2D eigenvalue weighted by atomic mass is 10.2. The van der Waals surface area contributed by atoms with E-state index >= 15 is 0 Å². The van der Waals surface area contributed by atoms with Crippen LogP contribution in [0.3, 0.4) is 0 Å². The Kier molecular flexibility index (Phi) is 4.97. The minimum absolute atomic E-state index is 0.0190. The van der Waals surface area contributed by atoms with E-state index in [4.69, 9.17) is 4.74 Å². The molecule has 7 nitrogen and oxygen atoms in total. The molecule has 0 bridgehead atoms. The summed E-state index contributed by atoms with van der Waals surface area (Å²) in [6, 6.07) is 3.30. The quantitative estimate of drug-likeness (QED) is 0.831. The summed E-state index contributed by atoms with van der Waals surface area (Å²) >= 11 is 0. The van der Waals surface area contributed by atoms with Gasteiger partial charge in [-0.2, -0.15) is 5.10 Å². The van der Waals surface area contributed by atoms with Crippen molar-refractivity contribution in [3.8, 4) is 0 Å². The predicted molar refractivity (Wildman–Crippen MR) is 88.9 cm³/mol. The number of hydrogen-bond acceptors (Lipinski definition) is 5. The van der Waals surface area contributed by atoms with Crippen LogP contribution in [0.1, 0.15) is 40.7 Å². The smallest absolute Gasteiger partial charge is 0.410 e. The van der Waals surface area contributed by atoms with E-state index in [1.807, 2.05) is 34.6 Å². The maximum absolute atomic E-state index is 12.1. The fourth-order valence-corrected chi connectivity index (χ4v) is 2.40. The van der Waals surface area contributed by atoms with Crippen LogP contribution in [-0.4, -0.2) is 52.6 Å². The number of ether oxygens (including phenoxy) is 1. The summed E-state index contributed by atoms with van der Waals surface area (Å²) < 4.78 is 6.87. The van der Waals surface area contributed by atoms with Crippen molar-refractivity contribution < 1.29 is 9.53 Å². The van der Waals surface area contributed by atoms with Gasteiger partial charge >= 0.3 is 6.09 Å². The van der Waals surface area contributed by atoms with Crippen molar-refractivity contribution in [1.29, 1.82) is 0 Å². The van der Waals surface area contributed by atoms with Crippen molar-refractivity contribution in [2.45, 2.75) is 46.3 Å². The van der Waals surface area contributed by atoms with Gasteiger partial charge in [0.15, 0.2) is 0 Å². The molecule has 0 spiro atoms. The fourth-order valence-electron chi connectivity index (χ4n) is 2.40. The molecule has 2 rings (SSSR count). The molecular formula is C16H26N4O3. The Morgan fingerprint density at radius 3 is 2.30 bits per heavy atom. The molecule has 1 saturated heterocycles. The summed E-state index contributed by atoms with van der Waals surface area (Å²) in [5.41, 5.74) is -0.584. The van der Waals surface area contributed by atoms with Gasteiger partial charge in [-0.05, 0) is 40.7 Å². The highest BCUT2D eigenvalue weighted by molar-refractivity contribution is 5.68. The molecule has 0 atom stereocenters. The highest BCUT2D eigenvalue weighted by Crippen LogP contribution is 2.15. The molecule has 23 heavy (non-hydrogen) atoms. The summed E-state index contributed by atoms with van der Waals surface area (Å²) in [7, 11) is 0. The Labute approximate surface area is 136 Å². The zero-order valence-electron chi connectivity index (χ0n) is 14.6. The van der Waals surface area contributed by atoms with E-state index in [2.05, 4.69) is 10.00 Å². The molecule has 7 heteroatoms. The van der Waals surface area contributed by atoms with E-state index in [1.165, 1.54) is 4.68 Å². The standard InChI is InChI=1S/C16H26N4O3/c1-12(2)20-14(21)7-6-13(17-20)18-8-10-19(11-9-18)15(22)23-16(3,4)5/h6-7,12H,8-11H2,1-5H3. The first-order chi connectivity index (χ1) is 10.7. The van der Waals surface area contributed by atoms with Gasteiger partial charge in [-0.25, -0.2) is 9.48 Å². The highest BCUT2D eigenvalue weighted by atomic mass is 16.6. The normalized spacial score (nSPS) is 15.9. The number of anilines is 1. The lowest BCUT2D eigenvalue weighted by molar-refractivity contribution is 0.0240. The second kappa shape index (κ2) is 6.60. The Morgan fingerprint density at radius 2 is 1.78 bits per heavy atom. The van der Waals surface area contributed by atoms with Gasteiger partial charge < -0.3 is 14.5 Å². The van der Waals surface area contributed by atoms with Crippen LogP contribution in [0.25, 0.3) is 0 Å². The molecule has 1 amide bonds. The highest BCUT2D eigenvalue weighted by Gasteiger charge is 2.26. The number of nitrogens with zero attached hydrogens (tertiary/aromatic N) is 4. The summed E-state index contributed by atoms with van der Waals surface area (Å²) in [6.07, 6.45) is -0.280. The van der Waals surface area contributed by atoms with E-state index in [0.29, 0.717) is 26.2 Å². The molecule has 0 unspecified atom stereocenters. The SMILES string of the molecule is CC(C)n1nc(N2CCN(C(=O)OC(C)(C)C)CC2)ccc1=O. The third-order valence-corrected chi connectivity index (χ3v) is 3.56. The van der Waals surface area contributed by atoms with Crippen molar-refractivity contribution in [2.75, 3.05) is 31.1 Å². The predicted octanol–water partition coefficient (Wildman–Crippen LogP) is 1.88. The Bertz CT molecular complexity index is 610. The molecule has 128 valence electrons. The Balaban J connectivity index is 2.01. The number of amides is 1. The van der Waals surface area contributed by atoms with Gasteiger partial charge in [0, 0.05) is 32.2 Å². The van der Waals surface area contributed by atoms with E-state index in [-0.39, 0.29) is 17.7 Å². The largest absolute Gasteiger partial charge is 0.444 e. The van der Waals surface area contributed by atoms with Crippen LogP contribution in [0.5, 0.6) is 0 Å². The van der Waals surface area contributed by atoms with Crippen molar-refractivity contribution in [1.82, 2.24) is 14.7 Å². The van der Waals surface area contributed by atoms with Crippen LogP contribution >= 0.6 is 0 Å². The lowest BCUT2D eigenvalue weighted by Gasteiger charge is -2.36. The van der Waals surface area contributed by atoms with Gasteiger partial charge in [0.1, 0.15) is 11.4 Å². The maximum atomic E-state index is 12.1. The molecule has 0 N–H and O–H groups in total.